The molecule has 110 valence electrons. The molecular weight excluding hydrogens is 274 g/mol. The summed E-state index contributed by atoms with van der Waals surface area (Å²) in [5, 5.41) is 5.36. The summed E-state index contributed by atoms with van der Waals surface area (Å²) in [7, 11) is 0. The molecule has 0 bridgehead atoms. The van der Waals surface area contributed by atoms with Crippen LogP contribution in [0.1, 0.15) is 11.1 Å². The zero-order valence-electron chi connectivity index (χ0n) is 11.8. The lowest BCUT2D eigenvalue weighted by Crippen LogP contribution is -2.22. The minimum atomic E-state index is -0.797. The highest BCUT2D eigenvalue weighted by Gasteiger charge is 2.08. The highest BCUT2D eigenvalue weighted by molar-refractivity contribution is 5.93. The SMILES string of the molecule is Cc1cc(C)cc(NCC(=O)Nc2ccc(F)cc2F)c1. The summed E-state index contributed by atoms with van der Waals surface area (Å²) >= 11 is 0. The largest absolute Gasteiger partial charge is 0.376 e. The summed E-state index contributed by atoms with van der Waals surface area (Å²) in [5.41, 5.74) is 2.95. The topological polar surface area (TPSA) is 41.1 Å². The molecule has 1 amide bonds. The molecule has 0 radical (unpaired) electrons. The number of carbonyl (C=O) groups excluding carboxylic acids is 1. The molecule has 0 heterocycles. The number of carbonyl (C=O) groups is 1. The van der Waals surface area contributed by atoms with Gasteiger partial charge in [0, 0.05) is 11.8 Å². The zero-order valence-corrected chi connectivity index (χ0v) is 11.8. The Labute approximate surface area is 122 Å². The lowest BCUT2D eigenvalue weighted by atomic mass is 10.1. The summed E-state index contributed by atoms with van der Waals surface area (Å²) in [6.45, 7) is 3.93. The first-order valence-corrected chi connectivity index (χ1v) is 6.51. The van der Waals surface area contributed by atoms with E-state index in [1.54, 1.807) is 0 Å². The van der Waals surface area contributed by atoms with Crippen LogP contribution in [0, 0.1) is 25.5 Å². The van der Waals surface area contributed by atoms with Gasteiger partial charge in [-0.3, -0.25) is 4.79 Å². The third-order valence-corrected chi connectivity index (χ3v) is 2.88. The van der Waals surface area contributed by atoms with Crippen molar-refractivity contribution >= 4 is 17.3 Å². The van der Waals surface area contributed by atoms with Crippen LogP contribution < -0.4 is 10.6 Å². The van der Waals surface area contributed by atoms with E-state index in [0.717, 1.165) is 28.9 Å². The van der Waals surface area contributed by atoms with Crippen molar-refractivity contribution in [1.29, 1.82) is 0 Å². The van der Waals surface area contributed by atoms with E-state index >= 15 is 0 Å². The van der Waals surface area contributed by atoms with Gasteiger partial charge in [-0.1, -0.05) is 6.07 Å². The molecule has 0 saturated heterocycles. The van der Waals surface area contributed by atoms with E-state index in [0.29, 0.717) is 0 Å². The van der Waals surface area contributed by atoms with Crippen LogP contribution in [0.2, 0.25) is 0 Å². The summed E-state index contributed by atoms with van der Waals surface area (Å²) in [6, 6.07) is 8.87. The van der Waals surface area contributed by atoms with Crippen LogP contribution in [0.5, 0.6) is 0 Å². The fraction of sp³-hybridized carbons (Fsp3) is 0.188. The number of hydrogen-bond donors (Lipinski definition) is 2. The maximum absolute atomic E-state index is 13.4. The fourth-order valence-electron chi connectivity index (χ4n) is 2.04. The van der Waals surface area contributed by atoms with Gasteiger partial charge in [0.15, 0.2) is 0 Å². The van der Waals surface area contributed by atoms with Gasteiger partial charge in [0.25, 0.3) is 0 Å². The van der Waals surface area contributed by atoms with Crippen LogP contribution >= 0.6 is 0 Å². The number of rotatable bonds is 4. The second-order valence-corrected chi connectivity index (χ2v) is 4.90. The van der Waals surface area contributed by atoms with Gasteiger partial charge in [-0.2, -0.15) is 0 Å². The van der Waals surface area contributed by atoms with E-state index in [2.05, 4.69) is 10.6 Å². The molecule has 0 aliphatic heterocycles. The van der Waals surface area contributed by atoms with E-state index in [4.69, 9.17) is 0 Å². The van der Waals surface area contributed by atoms with E-state index in [1.165, 1.54) is 6.07 Å². The molecule has 0 aliphatic carbocycles. The Hall–Kier alpha value is -2.43. The van der Waals surface area contributed by atoms with Crippen LogP contribution in [-0.2, 0) is 4.79 Å². The van der Waals surface area contributed by atoms with Crippen molar-refractivity contribution in [3.63, 3.8) is 0 Å². The predicted molar refractivity (Wildman–Crippen MR) is 79.4 cm³/mol. The smallest absolute Gasteiger partial charge is 0.243 e. The molecule has 21 heavy (non-hydrogen) atoms. The molecule has 0 spiro atoms. The first kappa shape index (κ1) is 15.0. The van der Waals surface area contributed by atoms with Crippen molar-refractivity contribution in [2.45, 2.75) is 13.8 Å². The van der Waals surface area contributed by atoms with Crippen molar-refractivity contribution in [3.8, 4) is 0 Å². The Balaban J connectivity index is 1.95. The molecule has 2 aromatic rings. The lowest BCUT2D eigenvalue weighted by molar-refractivity contribution is -0.114. The van der Waals surface area contributed by atoms with E-state index in [9.17, 15) is 13.6 Å². The molecule has 2 rings (SSSR count). The molecular formula is C16H16F2N2O. The van der Waals surface area contributed by atoms with E-state index in [-0.39, 0.29) is 12.2 Å². The molecule has 2 aromatic carbocycles. The molecule has 0 atom stereocenters. The van der Waals surface area contributed by atoms with Crippen LogP contribution in [0.25, 0.3) is 0 Å². The monoisotopic (exact) mass is 290 g/mol. The predicted octanol–water partition coefficient (Wildman–Crippen LogP) is 3.63. The molecule has 0 saturated carbocycles. The second-order valence-electron chi connectivity index (χ2n) is 4.90. The highest BCUT2D eigenvalue weighted by Crippen LogP contribution is 2.16. The maximum atomic E-state index is 13.4. The van der Waals surface area contributed by atoms with E-state index < -0.39 is 17.5 Å². The van der Waals surface area contributed by atoms with Crippen molar-refractivity contribution in [3.05, 3.63) is 59.2 Å². The van der Waals surface area contributed by atoms with Gasteiger partial charge in [0.05, 0.1) is 12.2 Å². The summed E-state index contributed by atoms with van der Waals surface area (Å²) < 4.78 is 26.2. The number of aryl methyl sites for hydroxylation is 2. The number of benzene rings is 2. The fourth-order valence-corrected chi connectivity index (χ4v) is 2.04. The van der Waals surface area contributed by atoms with Crippen molar-refractivity contribution in [2.75, 3.05) is 17.2 Å². The lowest BCUT2D eigenvalue weighted by Gasteiger charge is -2.10. The molecule has 0 aromatic heterocycles. The Kier molecular flexibility index (Phi) is 4.52. The molecule has 0 unspecified atom stereocenters. The molecule has 2 N–H and O–H groups in total. The minimum Gasteiger partial charge on any atom is -0.376 e. The Morgan fingerprint density at radius 1 is 1.05 bits per heavy atom. The summed E-state index contributed by atoms with van der Waals surface area (Å²) in [4.78, 5) is 11.8. The number of halogens is 2. The van der Waals surface area contributed by atoms with Gasteiger partial charge >= 0.3 is 0 Å². The molecule has 5 heteroatoms. The summed E-state index contributed by atoms with van der Waals surface area (Å²) in [6.07, 6.45) is 0. The first-order chi connectivity index (χ1) is 9.94. The van der Waals surface area contributed by atoms with Crippen molar-refractivity contribution < 1.29 is 13.6 Å². The highest BCUT2D eigenvalue weighted by atomic mass is 19.1. The molecule has 0 aliphatic rings. The second kappa shape index (κ2) is 6.35. The first-order valence-electron chi connectivity index (χ1n) is 6.51. The number of anilines is 2. The van der Waals surface area contributed by atoms with Gasteiger partial charge in [-0.25, -0.2) is 8.78 Å². The average molecular weight is 290 g/mol. The zero-order chi connectivity index (χ0) is 15.4. The number of hydrogen-bond acceptors (Lipinski definition) is 2. The standard InChI is InChI=1S/C16H16F2N2O/c1-10-5-11(2)7-13(6-10)19-9-16(21)20-15-4-3-12(17)8-14(15)18/h3-8,19H,9H2,1-2H3,(H,20,21). The van der Waals surface area contributed by atoms with E-state index in [1.807, 2.05) is 32.0 Å². The van der Waals surface area contributed by atoms with Crippen LogP contribution in [-0.4, -0.2) is 12.5 Å². The number of amides is 1. The van der Waals surface area contributed by atoms with Gasteiger partial charge in [0.2, 0.25) is 5.91 Å². The average Bonchev–Trinajstić information content (AvgIpc) is 2.39. The van der Waals surface area contributed by atoms with Gasteiger partial charge in [-0.15, -0.1) is 0 Å². The van der Waals surface area contributed by atoms with Gasteiger partial charge in [-0.05, 0) is 49.2 Å². The molecule has 0 fully saturated rings. The van der Waals surface area contributed by atoms with Crippen molar-refractivity contribution in [1.82, 2.24) is 0 Å². The maximum Gasteiger partial charge on any atom is 0.243 e. The van der Waals surface area contributed by atoms with Gasteiger partial charge in [0.1, 0.15) is 11.6 Å². The third-order valence-electron chi connectivity index (χ3n) is 2.88. The molecule has 3 nitrogen and oxygen atoms in total. The quantitative estimate of drug-likeness (QED) is 0.902. The van der Waals surface area contributed by atoms with Crippen LogP contribution in [0.4, 0.5) is 20.2 Å². The number of nitrogens with one attached hydrogen (secondary N) is 2. The third kappa shape index (κ3) is 4.27. The van der Waals surface area contributed by atoms with Gasteiger partial charge < -0.3 is 10.6 Å². The Bertz CT molecular complexity index is 651. The van der Waals surface area contributed by atoms with Crippen LogP contribution in [0.3, 0.4) is 0 Å². The Morgan fingerprint density at radius 2 is 1.71 bits per heavy atom. The van der Waals surface area contributed by atoms with Crippen molar-refractivity contribution in [2.24, 2.45) is 0 Å². The Morgan fingerprint density at radius 3 is 2.33 bits per heavy atom. The summed E-state index contributed by atoms with van der Waals surface area (Å²) in [5.74, 6) is -1.88. The minimum absolute atomic E-state index is 0.000288. The van der Waals surface area contributed by atoms with Crippen LogP contribution in [0.15, 0.2) is 36.4 Å². The normalized spacial score (nSPS) is 10.3.